The van der Waals surface area contributed by atoms with Gasteiger partial charge in [0.1, 0.15) is 17.8 Å². The van der Waals surface area contributed by atoms with Crippen LogP contribution in [0.5, 0.6) is 5.75 Å². The number of aromatic amines is 2. The summed E-state index contributed by atoms with van der Waals surface area (Å²) in [4.78, 5) is 50.8. The van der Waals surface area contributed by atoms with Crippen molar-refractivity contribution in [1.29, 1.82) is 0 Å². The second-order valence-electron chi connectivity index (χ2n) is 7.50. The van der Waals surface area contributed by atoms with Gasteiger partial charge in [0.15, 0.2) is 0 Å². The fraction of sp³-hybridized carbons (Fsp3) is 0.286. The molecule has 3 atom stereocenters. The molecule has 174 valence electrons. The van der Waals surface area contributed by atoms with Gasteiger partial charge in [0.2, 0.25) is 11.8 Å². The van der Waals surface area contributed by atoms with Crippen LogP contribution in [0.1, 0.15) is 17.0 Å². The van der Waals surface area contributed by atoms with E-state index in [-0.39, 0.29) is 25.0 Å². The molecule has 3 rings (SSSR count). The largest absolute Gasteiger partial charge is 0.508 e. The molecule has 0 spiro atoms. The first kappa shape index (κ1) is 23.5. The summed E-state index contributed by atoms with van der Waals surface area (Å²) in [6.07, 6.45) is 6.10. The number of aromatic hydroxyl groups is 1. The number of hydrogen-bond donors (Lipinski definition) is 7. The number of aliphatic carboxylic acids is 1. The van der Waals surface area contributed by atoms with Crippen LogP contribution in [0.4, 0.5) is 0 Å². The van der Waals surface area contributed by atoms with E-state index in [2.05, 4.69) is 30.6 Å². The van der Waals surface area contributed by atoms with Gasteiger partial charge in [-0.05, 0) is 17.7 Å². The Morgan fingerprint density at radius 1 is 0.879 bits per heavy atom. The zero-order chi connectivity index (χ0) is 23.8. The molecule has 0 bridgehead atoms. The summed E-state index contributed by atoms with van der Waals surface area (Å²) in [5, 5.41) is 24.1. The number of hydrogen-bond acceptors (Lipinski definition) is 7. The molecular weight excluding hydrogens is 430 g/mol. The minimum Gasteiger partial charge on any atom is -0.508 e. The molecule has 0 aliphatic heterocycles. The quantitative estimate of drug-likeness (QED) is 0.196. The van der Waals surface area contributed by atoms with Crippen molar-refractivity contribution in [2.24, 2.45) is 5.73 Å². The second-order valence-corrected chi connectivity index (χ2v) is 7.50. The third-order valence-electron chi connectivity index (χ3n) is 4.93. The predicted octanol–water partition coefficient (Wildman–Crippen LogP) is -0.752. The van der Waals surface area contributed by atoms with E-state index in [4.69, 9.17) is 5.73 Å². The molecule has 3 aromatic rings. The van der Waals surface area contributed by atoms with Crippen LogP contribution < -0.4 is 16.4 Å². The molecule has 8 N–H and O–H groups in total. The monoisotopic (exact) mass is 455 g/mol. The zero-order valence-electron chi connectivity index (χ0n) is 17.6. The van der Waals surface area contributed by atoms with Crippen LogP contribution in [-0.4, -0.2) is 66.1 Å². The molecule has 2 aromatic heterocycles. The molecule has 0 aliphatic rings. The molecule has 0 saturated heterocycles. The van der Waals surface area contributed by atoms with E-state index in [1.807, 2.05) is 0 Å². The lowest BCUT2D eigenvalue weighted by atomic mass is 10.0. The number of aromatic nitrogens is 4. The number of phenolic OH excluding ortho intramolecular Hbond substituents is 1. The van der Waals surface area contributed by atoms with Gasteiger partial charge in [-0.1, -0.05) is 12.1 Å². The number of amides is 2. The summed E-state index contributed by atoms with van der Waals surface area (Å²) in [7, 11) is 0. The van der Waals surface area contributed by atoms with Crippen LogP contribution in [0.2, 0.25) is 0 Å². The van der Waals surface area contributed by atoms with E-state index in [1.165, 1.54) is 31.0 Å². The highest BCUT2D eigenvalue weighted by Crippen LogP contribution is 2.12. The van der Waals surface area contributed by atoms with Gasteiger partial charge in [0.05, 0.1) is 18.7 Å². The van der Waals surface area contributed by atoms with Gasteiger partial charge in [0, 0.05) is 43.0 Å². The number of rotatable bonds is 11. The number of carboxylic acid groups (broad SMARTS) is 1. The van der Waals surface area contributed by atoms with E-state index < -0.39 is 35.9 Å². The van der Waals surface area contributed by atoms with Crippen LogP contribution >= 0.6 is 0 Å². The number of benzene rings is 1. The van der Waals surface area contributed by atoms with Crippen LogP contribution in [-0.2, 0) is 33.6 Å². The van der Waals surface area contributed by atoms with Crippen molar-refractivity contribution in [3.05, 3.63) is 66.3 Å². The van der Waals surface area contributed by atoms with E-state index in [1.54, 1.807) is 18.3 Å². The Morgan fingerprint density at radius 2 is 1.45 bits per heavy atom. The molecule has 0 fully saturated rings. The summed E-state index contributed by atoms with van der Waals surface area (Å²) in [6.45, 7) is 0. The van der Waals surface area contributed by atoms with Gasteiger partial charge in [-0.25, -0.2) is 14.8 Å². The van der Waals surface area contributed by atoms with Gasteiger partial charge < -0.3 is 36.5 Å². The summed E-state index contributed by atoms with van der Waals surface area (Å²) in [5.41, 5.74) is 7.82. The summed E-state index contributed by atoms with van der Waals surface area (Å²) < 4.78 is 0. The number of carboxylic acids is 1. The Hall–Kier alpha value is -4.19. The molecule has 0 aliphatic carbocycles. The van der Waals surface area contributed by atoms with E-state index in [0.29, 0.717) is 17.0 Å². The molecule has 3 unspecified atom stereocenters. The van der Waals surface area contributed by atoms with Gasteiger partial charge in [-0.2, -0.15) is 0 Å². The first-order valence-corrected chi connectivity index (χ1v) is 10.1. The lowest BCUT2D eigenvalue weighted by molar-refractivity contribution is -0.142. The van der Waals surface area contributed by atoms with Crippen molar-refractivity contribution in [3.8, 4) is 5.75 Å². The maximum absolute atomic E-state index is 13.0. The number of phenols is 1. The number of H-pyrrole nitrogens is 2. The maximum Gasteiger partial charge on any atom is 0.326 e. The van der Waals surface area contributed by atoms with Crippen molar-refractivity contribution >= 4 is 17.8 Å². The number of carbonyl (C=O) groups excluding carboxylic acids is 2. The molecule has 33 heavy (non-hydrogen) atoms. The maximum atomic E-state index is 13.0. The topological polar surface area (TPSA) is 199 Å². The number of imidazole rings is 2. The molecule has 2 heterocycles. The van der Waals surface area contributed by atoms with Crippen molar-refractivity contribution in [1.82, 2.24) is 30.6 Å². The highest BCUT2D eigenvalue weighted by atomic mass is 16.4. The molecule has 1 aromatic carbocycles. The van der Waals surface area contributed by atoms with Crippen molar-refractivity contribution in [2.75, 3.05) is 0 Å². The predicted molar refractivity (Wildman–Crippen MR) is 116 cm³/mol. The fourth-order valence-electron chi connectivity index (χ4n) is 3.17. The number of nitrogens with one attached hydrogen (secondary N) is 4. The molecule has 2 amide bonds. The highest BCUT2D eigenvalue weighted by molar-refractivity contribution is 5.92. The molecule has 0 radical (unpaired) electrons. The van der Waals surface area contributed by atoms with E-state index in [9.17, 15) is 24.6 Å². The highest BCUT2D eigenvalue weighted by Gasteiger charge is 2.29. The first-order valence-electron chi connectivity index (χ1n) is 10.1. The third-order valence-corrected chi connectivity index (χ3v) is 4.93. The number of nitrogens with two attached hydrogens (primary N) is 1. The molecular formula is C21H25N7O5. The second kappa shape index (κ2) is 10.9. The Morgan fingerprint density at radius 3 is 2.00 bits per heavy atom. The Bertz CT molecular complexity index is 1050. The molecule has 12 heteroatoms. The smallest absolute Gasteiger partial charge is 0.326 e. The lowest BCUT2D eigenvalue weighted by Gasteiger charge is -2.23. The summed E-state index contributed by atoms with van der Waals surface area (Å²) in [5.74, 6) is -2.44. The zero-order valence-corrected chi connectivity index (χ0v) is 17.6. The number of carbonyl (C=O) groups is 3. The Kier molecular flexibility index (Phi) is 7.76. The van der Waals surface area contributed by atoms with Crippen LogP contribution in [0, 0.1) is 0 Å². The van der Waals surface area contributed by atoms with Crippen LogP contribution in [0.25, 0.3) is 0 Å². The minimum atomic E-state index is -1.24. The Balaban J connectivity index is 1.72. The van der Waals surface area contributed by atoms with Crippen LogP contribution in [0.3, 0.4) is 0 Å². The van der Waals surface area contributed by atoms with E-state index in [0.717, 1.165) is 0 Å². The van der Waals surface area contributed by atoms with Gasteiger partial charge in [-0.15, -0.1) is 0 Å². The molecule has 12 nitrogen and oxygen atoms in total. The third kappa shape index (κ3) is 6.90. The fourth-order valence-corrected chi connectivity index (χ4v) is 3.17. The van der Waals surface area contributed by atoms with Crippen molar-refractivity contribution < 1.29 is 24.6 Å². The Labute approximate surface area is 188 Å². The van der Waals surface area contributed by atoms with E-state index >= 15 is 0 Å². The van der Waals surface area contributed by atoms with Gasteiger partial charge >= 0.3 is 5.97 Å². The van der Waals surface area contributed by atoms with Gasteiger partial charge in [0.25, 0.3) is 0 Å². The lowest BCUT2D eigenvalue weighted by Crippen LogP contribution is -2.56. The van der Waals surface area contributed by atoms with Crippen LogP contribution in [0.15, 0.2) is 49.3 Å². The first-order chi connectivity index (χ1) is 15.8. The summed E-state index contributed by atoms with van der Waals surface area (Å²) in [6, 6.07) is 2.81. The molecule has 0 saturated carbocycles. The van der Waals surface area contributed by atoms with Gasteiger partial charge in [-0.3, -0.25) is 9.59 Å². The van der Waals surface area contributed by atoms with Crippen molar-refractivity contribution in [3.63, 3.8) is 0 Å². The SMILES string of the molecule is NC(Cc1cnc[nH]1)C(=O)NC(Cc1ccc(O)cc1)C(=O)NC(Cc1cnc[nH]1)C(=O)O. The normalized spacial score (nSPS) is 13.6. The van der Waals surface area contributed by atoms with Crippen molar-refractivity contribution in [2.45, 2.75) is 37.4 Å². The number of nitrogens with zero attached hydrogens (tertiary/aromatic N) is 2. The standard InChI is InChI=1S/C21H25N7O5/c22-16(6-13-8-23-10-25-13)19(30)27-17(5-12-1-3-15(29)4-2-12)20(31)28-18(21(32)33)7-14-9-24-11-26-14/h1-4,8-11,16-18,29H,5-7,22H2,(H,23,25)(H,24,26)(H,27,30)(H,28,31)(H,32,33). The average Bonchev–Trinajstić information content (AvgIpc) is 3.48. The average molecular weight is 455 g/mol. The summed E-state index contributed by atoms with van der Waals surface area (Å²) >= 11 is 0. The minimum absolute atomic E-state index is 0.0136.